The number of esters is 1. The summed E-state index contributed by atoms with van der Waals surface area (Å²) in [5.41, 5.74) is 6.93. The first kappa shape index (κ1) is 10.3. The Morgan fingerprint density at radius 3 is 2.64 bits per heavy atom. The van der Waals surface area contributed by atoms with Crippen LogP contribution in [0.2, 0.25) is 0 Å². The maximum absolute atomic E-state index is 11.0. The molecule has 0 aliphatic rings. The zero-order valence-electron chi connectivity index (χ0n) is 8.07. The molecule has 0 atom stereocenters. The first-order valence-corrected chi connectivity index (χ1v) is 4.43. The van der Waals surface area contributed by atoms with Crippen LogP contribution < -0.4 is 5.73 Å². The molecule has 0 unspecified atom stereocenters. The van der Waals surface area contributed by atoms with Crippen LogP contribution in [0.25, 0.3) is 5.70 Å². The molecule has 0 saturated carbocycles. The third-order valence-corrected chi connectivity index (χ3v) is 1.67. The summed E-state index contributed by atoms with van der Waals surface area (Å²) in [6.07, 6.45) is 1.29. The summed E-state index contributed by atoms with van der Waals surface area (Å²) < 4.78 is 4.74. The van der Waals surface area contributed by atoms with Crippen LogP contribution in [0.4, 0.5) is 0 Å². The third-order valence-electron chi connectivity index (χ3n) is 1.67. The summed E-state index contributed by atoms with van der Waals surface area (Å²) in [7, 11) is 0. The molecule has 0 bridgehead atoms. The molecule has 0 fully saturated rings. The minimum absolute atomic E-state index is 0.359. The van der Waals surface area contributed by atoms with E-state index in [1.54, 1.807) is 6.92 Å². The molecule has 3 heteroatoms. The van der Waals surface area contributed by atoms with Crippen LogP contribution in [0.1, 0.15) is 12.5 Å². The van der Waals surface area contributed by atoms with Crippen LogP contribution in [0.5, 0.6) is 0 Å². The summed E-state index contributed by atoms with van der Waals surface area (Å²) in [6, 6.07) is 9.29. The van der Waals surface area contributed by atoms with E-state index in [1.807, 2.05) is 30.3 Å². The van der Waals surface area contributed by atoms with Crippen molar-refractivity contribution in [1.82, 2.24) is 0 Å². The van der Waals surface area contributed by atoms with Crippen molar-refractivity contribution in [3.05, 3.63) is 42.0 Å². The molecule has 0 aliphatic carbocycles. The van der Waals surface area contributed by atoms with Gasteiger partial charge in [-0.15, -0.1) is 0 Å². The number of carbonyl (C=O) groups is 1. The van der Waals surface area contributed by atoms with Gasteiger partial charge in [0.15, 0.2) is 0 Å². The van der Waals surface area contributed by atoms with E-state index in [-0.39, 0.29) is 0 Å². The normalized spacial score (nSPS) is 11.1. The number of nitrogens with two attached hydrogens (primary N) is 1. The molecule has 1 rings (SSSR count). The van der Waals surface area contributed by atoms with Crippen molar-refractivity contribution in [2.45, 2.75) is 6.92 Å². The van der Waals surface area contributed by atoms with Crippen molar-refractivity contribution in [3.8, 4) is 0 Å². The standard InChI is InChI=1S/C11H13NO2/c1-2-14-11(13)8-10(12)9-6-4-3-5-7-9/h3-8H,2,12H2,1H3/b10-8+. The lowest BCUT2D eigenvalue weighted by molar-refractivity contribution is -0.137. The summed E-state index contributed by atoms with van der Waals surface area (Å²) in [4.78, 5) is 11.0. The Morgan fingerprint density at radius 1 is 1.43 bits per heavy atom. The lowest BCUT2D eigenvalue weighted by Gasteiger charge is -2.01. The second kappa shape index (κ2) is 5.07. The molecule has 0 spiro atoms. The van der Waals surface area contributed by atoms with Crippen molar-refractivity contribution >= 4 is 11.7 Å². The van der Waals surface area contributed by atoms with Crippen LogP contribution in [0, 0.1) is 0 Å². The Hall–Kier alpha value is -1.77. The molecular formula is C11H13NO2. The molecule has 14 heavy (non-hydrogen) atoms. The van der Waals surface area contributed by atoms with Gasteiger partial charge in [-0.2, -0.15) is 0 Å². The number of hydrogen-bond donors (Lipinski definition) is 1. The van der Waals surface area contributed by atoms with Gasteiger partial charge < -0.3 is 10.5 Å². The Bertz CT molecular complexity index is 330. The van der Waals surface area contributed by atoms with Gasteiger partial charge in [0.05, 0.1) is 6.61 Å². The largest absolute Gasteiger partial charge is 0.463 e. The number of rotatable bonds is 3. The van der Waals surface area contributed by atoms with Crippen molar-refractivity contribution in [2.75, 3.05) is 6.61 Å². The van der Waals surface area contributed by atoms with Gasteiger partial charge in [0.1, 0.15) is 0 Å². The summed E-state index contributed by atoms with van der Waals surface area (Å²) in [5.74, 6) is -0.408. The van der Waals surface area contributed by atoms with Crippen LogP contribution in [0.15, 0.2) is 36.4 Å². The maximum Gasteiger partial charge on any atom is 0.332 e. The van der Waals surface area contributed by atoms with Crippen molar-refractivity contribution < 1.29 is 9.53 Å². The molecule has 2 N–H and O–H groups in total. The molecule has 0 amide bonds. The fraction of sp³-hybridized carbons (Fsp3) is 0.182. The molecule has 0 radical (unpaired) electrons. The van der Waals surface area contributed by atoms with Crippen molar-refractivity contribution in [2.24, 2.45) is 5.73 Å². The van der Waals surface area contributed by atoms with Gasteiger partial charge in [-0.25, -0.2) is 4.79 Å². The van der Waals surface area contributed by atoms with E-state index in [2.05, 4.69) is 0 Å². The fourth-order valence-electron chi connectivity index (χ4n) is 1.02. The SMILES string of the molecule is CCOC(=O)/C=C(/N)c1ccccc1. The van der Waals surface area contributed by atoms with Gasteiger partial charge in [-0.3, -0.25) is 0 Å². The van der Waals surface area contributed by atoms with Gasteiger partial charge in [0, 0.05) is 11.8 Å². The second-order valence-electron chi connectivity index (χ2n) is 2.72. The highest BCUT2D eigenvalue weighted by Gasteiger charge is 2.00. The molecule has 1 aromatic carbocycles. The summed E-state index contributed by atoms with van der Waals surface area (Å²) in [6.45, 7) is 2.11. The zero-order chi connectivity index (χ0) is 10.4. The van der Waals surface area contributed by atoms with E-state index < -0.39 is 5.97 Å². The Balaban J connectivity index is 2.75. The first-order valence-electron chi connectivity index (χ1n) is 4.43. The lowest BCUT2D eigenvalue weighted by atomic mass is 10.1. The number of carbonyl (C=O) groups excluding carboxylic acids is 1. The van der Waals surface area contributed by atoms with Crippen LogP contribution in [-0.2, 0) is 9.53 Å². The maximum atomic E-state index is 11.0. The van der Waals surface area contributed by atoms with Gasteiger partial charge in [0.25, 0.3) is 0 Å². The molecule has 0 saturated heterocycles. The van der Waals surface area contributed by atoms with Gasteiger partial charge >= 0.3 is 5.97 Å². The topological polar surface area (TPSA) is 52.3 Å². The number of hydrogen-bond acceptors (Lipinski definition) is 3. The number of benzene rings is 1. The Morgan fingerprint density at radius 2 is 2.07 bits per heavy atom. The smallest absolute Gasteiger partial charge is 0.332 e. The highest BCUT2D eigenvalue weighted by atomic mass is 16.5. The zero-order valence-corrected chi connectivity index (χ0v) is 8.07. The van der Waals surface area contributed by atoms with Crippen LogP contribution in [0.3, 0.4) is 0 Å². The summed E-state index contributed by atoms with van der Waals surface area (Å²) in [5, 5.41) is 0. The van der Waals surface area contributed by atoms with E-state index >= 15 is 0 Å². The average Bonchev–Trinajstić information content (AvgIpc) is 2.19. The van der Waals surface area contributed by atoms with Gasteiger partial charge in [0.2, 0.25) is 0 Å². The predicted molar refractivity (Wildman–Crippen MR) is 55.2 cm³/mol. The molecule has 1 aromatic rings. The minimum Gasteiger partial charge on any atom is -0.463 e. The number of ether oxygens (including phenoxy) is 1. The highest BCUT2D eigenvalue weighted by Crippen LogP contribution is 2.07. The molecule has 0 aliphatic heterocycles. The highest BCUT2D eigenvalue weighted by molar-refractivity contribution is 5.90. The van der Waals surface area contributed by atoms with Crippen molar-refractivity contribution in [1.29, 1.82) is 0 Å². The fourth-order valence-corrected chi connectivity index (χ4v) is 1.02. The monoisotopic (exact) mass is 191 g/mol. The van der Waals surface area contributed by atoms with E-state index in [0.29, 0.717) is 12.3 Å². The third kappa shape index (κ3) is 2.94. The van der Waals surface area contributed by atoms with E-state index in [0.717, 1.165) is 5.56 Å². The van der Waals surface area contributed by atoms with Gasteiger partial charge in [-0.1, -0.05) is 30.3 Å². The van der Waals surface area contributed by atoms with E-state index in [4.69, 9.17) is 10.5 Å². The molecule has 0 heterocycles. The lowest BCUT2D eigenvalue weighted by Crippen LogP contribution is -2.04. The molecule has 0 aromatic heterocycles. The molecule has 74 valence electrons. The second-order valence-corrected chi connectivity index (χ2v) is 2.72. The average molecular weight is 191 g/mol. The molecule has 3 nitrogen and oxygen atoms in total. The first-order chi connectivity index (χ1) is 6.74. The minimum atomic E-state index is -0.408. The Kier molecular flexibility index (Phi) is 3.73. The van der Waals surface area contributed by atoms with E-state index in [1.165, 1.54) is 6.08 Å². The van der Waals surface area contributed by atoms with Crippen LogP contribution in [-0.4, -0.2) is 12.6 Å². The summed E-state index contributed by atoms with van der Waals surface area (Å²) >= 11 is 0. The van der Waals surface area contributed by atoms with E-state index in [9.17, 15) is 4.79 Å². The Labute approximate surface area is 83.2 Å². The molecular weight excluding hydrogens is 178 g/mol. The predicted octanol–water partition coefficient (Wildman–Crippen LogP) is 1.55. The van der Waals surface area contributed by atoms with Crippen LogP contribution >= 0.6 is 0 Å². The quantitative estimate of drug-likeness (QED) is 0.582. The van der Waals surface area contributed by atoms with Crippen molar-refractivity contribution in [3.63, 3.8) is 0 Å². The van der Waals surface area contributed by atoms with Gasteiger partial charge in [-0.05, 0) is 12.5 Å².